The zero-order chi connectivity index (χ0) is 14.7. The van der Waals surface area contributed by atoms with Crippen molar-refractivity contribution < 1.29 is 4.39 Å². The van der Waals surface area contributed by atoms with Gasteiger partial charge in [-0.2, -0.15) is 0 Å². The van der Waals surface area contributed by atoms with E-state index in [0.29, 0.717) is 12.2 Å². The highest BCUT2D eigenvalue weighted by molar-refractivity contribution is 9.10. The van der Waals surface area contributed by atoms with E-state index in [1.54, 1.807) is 35.6 Å². The summed E-state index contributed by atoms with van der Waals surface area (Å²) in [4.78, 5) is 8.13. The predicted molar refractivity (Wildman–Crippen MR) is 82.8 cm³/mol. The molecule has 0 radical (unpaired) electrons. The van der Waals surface area contributed by atoms with Crippen molar-refractivity contribution >= 4 is 21.7 Å². The standard InChI is InChI=1S/C15H12BrFN4/c16-12-2-4-15(20-9-12)19-8-11-1-3-14(13(17)7-11)21-6-5-18-10-21/h1-7,9-10H,8H2,(H,19,20). The summed E-state index contributed by atoms with van der Waals surface area (Å²) in [7, 11) is 0. The van der Waals surface area contributed by atoms with Crippen LogP contribution in [0.25, 0.3) is 5.69 Å². The third-order valence-electron chi connectivity index (χ3n) is 3.00. The number of pyridine rings is 1. The number of hydrogen-bond acceptors (Lipinski definition) is 3. The molecule has 0 unspecified atom stereocenters. The second-order valence-corrected chi connectivity index (χ2v) is 5.39. The van der Waals surface area contributed by atoms with Crippen molar-refractivity contribution in [3.63, 3.8) is 0 Å². The van der Waals surface area contributed by atoms with E-state index in [9.17, 15) is 4.39 Å². The van der Waals surface area contributed by atoms with E-state index in [2.05, 4.69) is 31.2 Å². The predicted octanol–water partition coefficient (Wildman–Crippen LogP) is 3.78. The maximum absolute atomic E-state index is 14.1. The van der Waals surface area contributed by atoms with Crippen LogP contribution in [0.4, 0.5) is 10.2 Å². The summed E-state index contributed by atoms with van der Waals surface area (Å²) in [5.74, 6) is 0.466. The molecule has 0 aliphatic rings. The average molecular weight is 347 g/mol. The van der Waals surface area contributed by atoms with Gasteiger partial charge in [-0.05, 0) is 45.8 Å². The molecule has 0 bridgehead atoms. The van der Waals surface area contributed by atoms with Gasteiger partial charge in [0.2, 0.25) is 0 Å². The van der Waals surface area contributed by atoms with Crippen LogP contribution in [0.2, 0.25) is 0 Å². The van der Waals surface area contributed by atoms with Gasteiger partial charge in [-0.3, -0.25) is 0 Å². The van der Waals surface area contributed by atoms with E-state index >= 15 is 0 Å². The maximum Gasteiger partial charge on any atom is 0.147 e. The van der Waals surface area contributed by atoms with E-state index in [0.717, 1.165) is 15.9 Å². The van der Waals surface area contributed by atoms with Gasteiger partial charge in [0.15, 0.2) is 0 Å². The summed E-state index contributed by atoms with van der Waals surface area (Å²) in [5, 5.41) is 3.15. The van der Waals surface area contributed by atoms with Crippen LogP contribution in [0.1, 0.15) is 5.56 Å². The second kappa shape index (κ2) is 6.05. The molecule has 1 aromatic carbocycles. The topological polar surface area (TPSA) is 42.7 Å². The molecule has 6 heteroatoms. The molecule has 0 spiro atoms. The highest BCUT2D eigenvalue weighted by atomic mass is 79.9. The van der Waals surface area contributed by atoms with Crippen LogP contribution in [0.5, 0.6) is 0 Å². The Bertz CT molecular complexity index is 726. The van der Waals surface area contributed by atoms with E-state index in [1.165, 1.54) is 6.07 Å². The zero-order valence-electron chi connectivity index (χ0n) is 11.0. The number of anilines is 1. The number of nitrogens with zero attached hydrogens (tertiary/aromatic N) is 3. The van der Waals surface area contributed by atoms with Crippen LogP contribution in [-0.4, -0.2) is 14.5 Å². The van der Waals surface area contributed by atoms with Crippen molar-refractivity contribution in [3.05, 3.63) is 71.1 Å². The number of imidazole rings is 1. The Balaban J connectivity index is 1.72. The zero-order valence-corrected chi connectivity index (χ0v) is 12.6. The molecule has 106 valence electrons. The molecule has 0 amide bonds. The van der Waals surface area contributed by atoms with Gasteiger partial charge in [-0.1, -0.05) is 6.07 Å². The fraction of sp³-hybridized carbons (Fsp3) is 0.0667. The Morgan fingerprint density at radius 2 is 2.14 bits per heavy atom. The number of halogens is 2. The quantitative estimate of drug-likeness (QED) is 0.781. The summed E-state index contributed by atoms with van der Waals surface area (Å²) in [6.07, 6.45) is 6.61. The van der Waals surface area contributed by atoms with Gasteiger partial charge in [0, 0.05) is 29.6 Å². The van der Waals surface area contributed by atoms with Crippen molar-refractivity contribution in [1.29, 1.82) is 0 Å². The first-order valence-electron chi connectivity index (χ1n) is 6.34. The van der Waals surface area contributed by atoms with Crippen molar-refractivity contribution in [2.75, 3.05) is 5.32 Å². The molecule has 1 N–H and O–H groups in total. The molecule has 0 aliphatic heterocycles. The number of aromatic nitrogens is 3. The minimum Gasteiger partial charge on any atom is -0.366 e. The van der Waals surface area contributed by atoms with Gasteiger partial charge in [-0.15, -0.1) is 0 Å². The average Bonchev–Trinajstić information content (AvgIpc) is 3.01. The number of rotatable bonds is 4. The summed E-state index contributed by atoms with van der Waals surface area (Å²) < 4.78 is 16.7. The van der Waals surface area contributed by atoms with Crippen LogP contribution in [-0.2, 0) is 6.54 Å². The van der Waals surface area contributed by atoms with Crippen molar-refractivity contribution in [1.82, 2.24) is 14.5 Å². The van der Waals surface area contributed by atoms with Gasteiger partial charge in [0.25, 0.3) is 0 Å². The van der Waals surface area contributed by atoms with Crippen LogP contribution >= 0.6 is 15.9 Å². The Labute approximate surface area is 129 Å². The number of benzene rings is 1. The number of nitrogens with one attached hydrogen (secondary N) is 1. The van der Waals surface area contributed by atoms with E-state index in [4.69, 9.17) is 0 Å². The maximum atomic E-state index is 14.1. The molecule has 3 rings (SSSR count). The Morgan fingerprint density at radius 1 is 1.24 bits per heavy atom. The molecule has 21 heavy (non-hydrogen) atoms. The Kier molecular flexibility index (Phi) is 3.96. The smallest absolute Gasteiger partial charge is 0.147 e. The van der Waals surface area contributed by atoms with Gasteiger partial charge in [0.05, 0.1) is 12.0 Å². The summed E-state index contributed by atoms with van der Waals surface area (Å²) in [6, 6.07) is 8.90. The van der Waals surface area contributed by atoms with Crippen LogP contribution in [0, 0.1) is 5.82 Å². The minimum atomic E-state index is -0.281. The first-order chi connectivity index (χ1) is 10.2. The fourth-order valence-electron chi connectivity index (χ4n) is 1.94. The highest BCUT2D eigenvalue weighted by Gasteiger charge is 2.05. The molecular weight excluding hydrogens is 335 g/mol. The minimum absolute atomic E-state index is 0.281. The molecule has 3 aromatic rings. The van der Waals surface area contributed by atoms with Crippen molar-refractivity contribution in [3.8, 4) is 5.69 Å². The lowest BCUT2D eigenvalue weighted by Gasteiger charge is -2.08. The molecule has 2 aromatic heterocycles. The Hall–Kier alpha value is -2.21. The number of hydrogen-bond donors (Lipinski definition) is 1. The van der Waals surface area contributed by atoms with E-state index in [-0.39, 0.29) is 5.82 Å². The third kappa shape index (κ3) is 3.28. The molecule has 4 nitrogen and oxygen atoms in total. The van der Waals surface area contributed by atoms with Crippen LogP contribution in [0.15, 0.2) is 59.7 Å². The first-order valence-corrected chi connectivity index (χ1v) is 7.14. The lowest BCUT2D eigenvalue weighted by molar-refractivity contribution is 0.616. The van der Waals surface area contributed by atoms with Crippen molar-refractivity contribution in [2.24, 2.45) is 0 Å². The van der Waals surface area contributed by atoms with Crippen LogP contribution in [0.3, 0.4) is 0 Å². The van der Waals surface area contributed by atoms with Crippen molar-refractivity contribution in [2.45, 2.75) is 6.54 Å². The normalized spacial score (nSPS) is 10.6. The largest absolute Gasteiger partial charge is 0.366 e. The molecule has 0 saturated heterocycles. The fourth-order valence-corrected chi connectivity index (χ4v) is 2.18. The van der Waals surface area contributed by atoms with Crippen LogP contribution < -0.4 is 5.32 Å². The van der Waals surface area contributed by atoms with Gasteiger partial charge < -0.3 is 9.88 Å². The summed E-state index contributed by atoms with van der Waals surface area (Å²) >= 11 is 3.33. The van der Waals surface area contributed by atoms with Gasteiger partial charge in [0.1, 0.15) is 11.6 Å². The SMILES string of the molecule is Fc1cc(CNc2ccc(Br)cn2)ccc1-n1ccnc1. The Morgan fingerprint density at radius 3 is 2.81 bits per heavy atom. The molecule has 0 fully saturated rings. The monoisotopic (exact) mass is 346 g/mol. The highest BCUT2D eigenvalue weighted by Crippen LogP contribution is 2.16. The summed E-state index contributed by atoms with van der Waals surface area (Å²) in [6.45, 7) is 0.510. The molecule has 0 saturated carbocycles. The molecule has 0 atom stereocenters. The molecular formula is C15H12BrFN4. The first kappa shape index (κ1) is 13.8. The van der Waals surface area contributed by atoms with Gasteiger partial charge in [-0.25, -0.2) is 14.4 Å². The van der Waals surface area contributed by atoms with E-state index < -0.39 is 0 Å². The molecule has 2 heterocycles. The van der Waals surface area contributed by atoms with E-state index in [1.807, 2.05) is 18.2 Å². The molecule has 0 aliphatic carbocycles. The second-order valence-electron chi connectivity index (χ2n) is 4.47. The van der Waals surface area contributed by atoms with Gasteiger partial charge >= 0.3 is 0 Å². The summed E-state index contributed by atoms with van der Waals surface area (Å²) in [5.41, 5.74) is 1.33. The lowest BCUT2D eigenvalue weighted by Crippen LogP contribution is -2.03. The lowest BCUT2D eigenvalue weighted by atomic mass is 10.2. The third-order valence-corrected chi connectivity index (χ3v) is 3.46.